The quantitative estimate of drug-likeness (QED) is 0.299. The van der Waals surface area contributed by atoms with Gasteiger partial charge in [-0.3, -0.25) is 9.78 Å². The second-order valence-electron chi connectivity index (χ2n) is 7.46. The van der Waals surface area contributed by atoms with Gasteiger partial charge in [-0.2, -0.15) is 0 Å². The lowest BCUT2D eigenvalue weighted by Crippen LogP contribution is -2.13. The lowest BCUT2D eigenvalue weighted by atomic mass is 10.00. The number of thiazole rings is 1. The monoisotopic (exact) mass is 514 g/mol. The maximum Gasteiger partial charge on any atom is 0.176 e. The maximum atomic E-state index is 12.8. The smallest absolute Gasteiger partial charge is 0.176 e. The zero-order chi connectivity index (χ0) is 22.0. The van der Waals surface area contributed by atoms with Crippen molar-refractivity contribution in [2.75, 3.05) is 0 Å². The number of ketones is 1. The molecular formula is C22H18Cl4N2O2S. The van der Waals surface area contributed by atoms with Gasteiger partial charge < -0.3 is 4.74 Å². The number of benzene rings is 1. The van der Waals surface area contributed by atoms with E-state index in [4.69, 9.17) is 51.1 Å². The normalized spacial score (nSPS) is 18.3. The van der Waals surface area contributed by atoms with E-state index >= 15 is 0 Å². The predicted molar refractivity (Wildman–Crippen MR) is 127 cm³/mol. The number of hydrogen-bond acceptors (Lipinski definition) is 5. The molecule has 31 heavy (non-hydrogen) atoms. The summed E-state index contributed by atoms with van der Waals surface area (Å²) in [5.74, 6) is 0.878. The molecular weight excluding hydrogens is 498 g/mol. The molecule has 1 saturated carbocycles. The van der Waals surface area contributed by atoms with E-state index in [0.29, 0.717) is 43.0 Å². The van der Waals surface area contributed by atoms with E-state index in [-0.39, 0.29) is 17.0 Å². The Morgan fingerprint density at radius 1 is 1.16 bits per heavy atom. The number of carbonyl (C=O) groups excluding carboxylic acids is 1. The highest BCUT2D eigenvalue weighted by atomic mass is 35.5. The Kier molecular flexibility index (Phi) is 7.40. The number of carbonyl (C=O) groups is 1. The van der Waals surface area contributed by atoms with Gasteiger partial charge in [-0.25, -0.2) is 4.98 Å². The summed E-state index contributed by atoms with van der Waals surface area (Å²) in [6, 6.07) is 6.96. The van der Waals surface area contributed by atoms with Gasteiger partial charge in [0.1, 0.15) is 9.88 Å². The molecule has 0 aliphatic heterocycles. The lowest BCUT2D eigenvalue weighted by molar-refractivity contribution is 0.0976. The zero-order valence-electron chi connectivity index (χ0n) is 16.3. The summed E-state index contributed by atoms with van der Waals surface area (Å²) in [6.45, 7) is 0. The van der Waals surface area contributed by atoms with Crippen molar-refractivity contribution in [2.45, 2.75) is 38.2 Å². The first-order chi connectivity index (χ1) is 14.9. The van der Waals surface area contributed by atoms with Crippen LogP contribution in [0, 0.1) is 5.92 Å². The van der Waals surface area contributed by atoms with Crippen molar-refractivity contribution in [2.24, 2.45) is 5.92 Å². The average Bonchev–Trinajstić information content (AvgIpc) is 3.36. The summed E-state index contributed by atoms with van der Waals surface area (Å²) < 4.78 is 6.04. The maximum absolute atomic E-state index is 12.8. The van der Waals surface area contributed by atoms with E-state index in [0.717, 1.165) is 31.2 Å². The lowest BCUT2D eigenvalue weighted by Gasteiger charge is -2.16. The molecule has 2 unspecified atom stereocenters. The molecule has 0 amide bonds. The molecule has 2 atom stereocenters. The molecule has 1 aliphatic carbocycles. The Morgan fingerprint density at radius 2 is 1.94 bits per heavy atom. The van der Waals surface area contributed by atoms with Gasteiger partial charge in [-0.15, -0.1) is 11.3 Å². The zero-order valence-corrected chi connectivity index (χ0v) is 20.1. The molecule has 0 bridgehead atoms. The van der Waals surface area contributed by atoms with Crippen LogP contribution in [0.4, 0.5) is 0 Å². The van der Waals surface area contributed by atoms with E-state index in [1.165, 1.54) is 11.3 Å². The molecule has 1 aliphatic rings. The van der Waals surface area contributed by atoms with Gasteiger partial charge in [0.2, 0.25) is 0 Å². The fourth-order valence-electron chi connectivity index (χ4n) is 3.74. The number of hydrogen-bond donors (Lipinski definition) is 0. The van der Waals surface area contributed by atoms with E-state index in [2.05, 4.69) is 9.97 Å². The molecule has 0 saturated heterocycles. The summed E-state index contributed by atoms with van der Waals surface area (Å²) in [7, 11) is 0. The minimum Gasteiger partial charge on any atom is -0.487 e. The third-order valence-electron chi connectivity index (χ3n) is 5.27. The van der Waals surface area contributed by atoms with Crippen LogP contribution in [-0.4, -0.2) is 21.9 Å². The summed E-state index contributed by atoms with van der Waals surface area (Å²) in [5, 5.41) is 2.24. The molecule has 0 radical (unpaired) electrons. The molecule has 2 heterocycles. The van der Waals surface area contributed by atoms with Gasteiger partial charge in [0.15, 0.2) is 16.7 Å². The van der Waals surface area contributed by atoms with Crippen LogP contribution in [0.3, 0.4) is 0 Å². The highest BCUT2D eigenvalue weighted by Gasteiger charge is 2.28. The number of halogens is 4. The van der Waals surface area contributed by atoms with Gasteiger partial charge in [0.05, 0.1) is 16.1 Å². The van der Waals surface area contributed by atoms with Crippen LogP contribution < -0.4 is 4.74 Å². The Balaban J connectivity index is 1.33. The van der Waals surface area contributed by atoms with Crippen molar-refractivity contribution in [1.82, 2.24) is 9.97 Å². The van der Waals surface area contributed by atoms with Gasteiger partial charge in [0.25, 0.3) is 0 Å². The Hall–Kier alpha value is -1.37. The van der Waals surface area contributed by atoms with Crippen LogP contribution in [-0.2, 0) is 0 Å². The summed E-state index contributed by atoms with van der Waals surface area (Å²) in [6.07, 6.45) is 7.34. The minimum absolute atomic E-state index is 0.0143. The van der Waals surface area contributed by atoms with Crippen LogP contribution in [0.2, 0.25) is 20.2 Å². The van der Waals surface area contributed by atoms with E-state index in [1.54, 1.807) is 24.5 Å². The number of pyridine rings is 1. The predicted octanol–water partition coefficient (Wildman–Crippen LogP) is 8.03. The highest BCUT2D eigenvalue weighted by molar-refractivity contribution is 7.17. The number of nitrogens with zero attached hydrogens (tertiary/aromatic N) is 2. The van der Waals surface area contributed by atoms with E-state index in [9.17, 15) is 4.79 Å². The van der Waals surface area contributed by atoms with Crippen LogP contribution in [0.15, 0.2) is 36.7 Å². The molecule has 0 spiro atoms. The molecule has 162 valence electrons. The van der Waals surface area contributed by atoms with Gasteiger partial charge in [0, 0.05) is 29.4 Å². The first kappa shape index (κ1) is 22.8. The molecule has 0 N–H and O–H groups in total. The van der Waals surface area contributed by atoms with E-state index in [1.807, 2.05) is 12.1 Å². The van der Waals surface area contributed by atoms with Crippen LogP contribution in [0.25, 0.3) is 10.6 Å². The topological polar surface area (TPSA) is 52.1 Å². The third-order valence-corrected chi connectivity index (χ3v) is 7.58. The van der Waals surface area contributed by atoms with Gasteiger partial charge in [-0.05, 0) is 55.9 Å². The standard InChI is InChI=1S/C22H18Cl4N2O2S/c23-14-9-16(24)19(17(25)10-14)30-15-5-3-12(8-15)4-6-18(29)20-21(26)28-22(31-20)13-2-1-7-27-11-13/h1-2,7,9-12,15H,3-6,8H2. The van der Waals surface area contributed by atoms with Crippen molar-refractivity contribution in [1.29, 1.82) is 0 Å². The molecule has 4 nitrogen and oxygen atoms in total. The summed E-state index contributed by atoms with van der Waals surface area (Å²) >= 11 is 26.0. The first-order valence-corrected chi connectivity index (χ1v) is 12.1. The molecule has 3 aromatic rings. The van der Waals surface area contributed by atoms with Gasteiger partial charge >= 0.3 is 0 Å². The summed E-state index contributed by atoms with van der Waals surface area (Å²) in [5.41, 5.74) is 0.851. The molecule has 1 fully saturated rings. The Labute approximate surface area is 204 Å². The largest absolute Gasteiger partial charge is 0.487 e. The summed E-state index contributed by atoms with van der Waals surface area (Å²) in [4.78, 5) is 21.7. The molecule has 9 heteroatoms. The van der Waals surface area contributed by atoms with Crippen molar-refractivity contribution in [3.8, 4) is 16.3 Å². The first-order valence-electron chi connectivity index (χ1n) is 9.82. The second kappa shape index (κ2) is 10.1. The van der Waals surface area contributed by atoms with Crippen LogP contribution in [0.5, 0.6) is 5.75 Å². The fraction of sp³-hybridized carbons (Fsp3) is 0.318. The fourth-order valence-corrected chi connectivity index (χ4v) is 5.92. The van der Waals surface area contributed by atoms with E-state index < -0.39 is 0 Å². The van der Waals surface area contributed by atoms with Crippen molar-refractivity contribution >= 4 is 63.5 Å². The average molecular weight is 516 g/mol. The number of ether oxygens (including phenoxy) is 1. The Morgan fingerprint density at radius 3 is 2.65 bits per heavy atom. The minimum atomic E-state index is 0.0143. The van der Waals surface area contributed by atoms with Crippen molar-refractivity contribution < 1.29 is 9.53 Å². The van der Waals surface area contributed by atoms with Crippen LogP contribution in [0.1, 0.15) is 41.8 Å². The second-order valence-corrected chi connectivity index (χ2v) is 10.1. The van der Waals surface area contributed by atoms with Gasteiger partial charge in [-0.1, -0.05) is 46.4 Å². The SMILES string of the molecule is O=C(CCC1CCC(Oc2c(Cl)cc(Cl)cc2Cl)C1)c1sc(-c2cccnc2)nc1Cl. The van der Waals surface area contributed by atoms with Crippen molar-refractivity contribution in [3.05, 3.63) is 61.8 Å². The van der Waals surface area contributed by atoms with Crippen LogP contribution >= 0.6 is 57.7 Å². The molecule has 2 aromatic heterocycles. The van der Waals surface area contributed by atoms with Crippen molar-refractivity contribution in [3.63, 3.8) is 0 Å². The number of rotatable bonds is 7. The number of aromatic nitrogens is 2. The third kappa shape index (κ3) is 5.52. The Bertz CT molecular complexity index is 1070. The highest BCUT2D eigenvalue weighted by Crippen LogP contribution is 2.40. The molecule has 4 rings (SSSR count). The number of Topliss-reactive ketones (excluding diaryl/α,β-unsaturated/α-hetero) is 1. The molecule has 1 aromatic carbocycles.